The number of aryl methyl sites for hydroxylation is 1. The van der Waals surface area contributed by atoms with E-state index in [1.165, 1.54) is 23.9 Å². The lowest BCUT2D eigenvalue weighted by molar-refractivity contribution is -0.113. The zero-order chi connectivity index (χ0) is 22.5. The molecule has 162 valence electrons. The van der Waals surface area contributed by atoms with Crippen LogP contribution >= 0.6 is 11.8 Å². The Morgan fingerprint density at radius 2 is 1.84 bits per heavy atom. The Morgan fingerprint density at radius 3 is 2.56 bits per heavy atom. The van der Waals surface area contributed by atoms with Gasteiger partial charge in [0.2, 0.25) is 5.91 Å². The number of carbonyl (C=O) groups is 1. The molecular weight excluding hydrogens is 429 g/mol. The molecule has 0 spiro atoms. The number of amides is 1. The van der Waals surface area contributed by atoms with E-state index < -0.39 is 0 Å². The van der Waals surface area contributed by atoms with Crippen LogP contribution in [0, 0.1) is 12.7 Å². The van der Waals surface area contributed by atoms with Gasteiger partial charge in [-0.25, -0.2) is 4.39 Å². The first-order valence-electron chi connectivity index (χ1n) is 9.74. The summed E-state index contributed by atoms with van der Waals surface area (Å²) in [6.45, 7) is 1.94. The molecule has 0 atom stereocenters. The number of anilines is 1. The number of hydrogen-bond donors (Lipinski definition) is 1. The van der Waals surface area contributed by atoms with Crippen molar-refractivity contribution in [3.8, 4) is 22.8 Å². The second kappa shape index (κ2) is 9.61. The van der Waals surface area contributed by atoms with Gasteiger partial charge < -0.3 is 10.1 Å². The molecule has 0 saturated carbocycles. The third-order valence-corrected chi connectivity index (χ3v) is 5.55. The fourth-order valence-corrected chi connectivity index (χ4v) is 3.86. The van der Waals surface area contributed by atoms with Gasteiger partial charge in [0.1, 0.15) is 11.6 Å². The van der Waals surface area contributed by atoms with Crippen molar-refractivity contribution in [3.63, 3.8) is 0 Å². The number of methoxy groups -OCH3 is 1. The SMILES string of the molecule is COc1ccc(C)cc1NC(=O)CSc1nnc(-c2ccncc2)n1-c1ccc(F)cc1. The van der Waals surface area contributed by atoms with Gasteiger partial charge in [0.25, 0.3) is 0 Å². The van der Waals surface area contributed by atoms with E-state index in [4.69, 9.17) is 4.74 Å². The second-order valence-corrected chi connectivity index (χ2v) is 7.84. The number of nitrogens with one attached hydrogen (secondary N) is 1. The fourth-order valence-electron chi connectivity index (χ4n) is 3.11. The van der Waals surface area contributed by atoms with Gasteiger partial charge in [-0.05, 0) is 61.0 Å². The highest BCUT2D eigenvalue weighted by molar-refractivity contribution is 7.99. The summed E-state index contributed by atoms with van der Waals surface area (Å²) in [5.74, 6) is 0.712. The molecule has 9 heteroatoms. The molecule has 0 radical (unpaired) electrons. The van der Waals surface area contributed by atoms with Crippen molar-refractivity contribution in [2.24, 2.45) is 0 Å². The average Bonchev–Trinajstić information content (AvgIpc) is 3.23. The first-order chi connectivity index (χ1) is 15.5. The van der Waals surface area contributed by atoms with Crippen molar-refractivity contribution >= 4 is 23.4 Å². The maximum absolute atomic E-state index is 13.5. The maximum atomic E-state index is 13.5. The maximum Gasteiger partial charge on any atom is 0.234 e. The number of hydrogen-bond acceptors (Lipinski definition) is 6. The molecule has 0 aliphatic heterocycles. The summed E-state index contributed by atoms with van der Waals surface area (Å²) in [4.78, 5) is 16.7. The standard InChI is InChI=1S/C23H20FN5O2S/c1-15-3-8-20(31-2)19(13-15)26-21(30)14-32-23-28-27-22(16-9-11-25-12-10-16)29(23)18-6-4-17(24)5-7-18/h3-13H,14H2,1-2H3,(H,26,30). The first kappa shape index (κ1) is 21.5. The third-order valence-electron chi connectivity index (χ3n) is 4.62. The van der Waals surface area contributed by atoms with Gasteiger partial charge in [0, 0.05) is 23.6 Å². The van der Waals surface area contributed by atoms with Crippen LogP contribution < -0.4 is 10.1 Å². The molecule has 32 heavy (non-hydrogen) atoms. The molecule has 2 heterocycles. The third kappa shape index (κ3) is 4.78. The molecule has 0 bridgehead atoms. The van der Waals surface area contributed by atoms with E-state index in [0.29, 0.717) is 28.1 Å². The van der Waals surface area contributed by atoms with Crippen LogP contribution in [-0.2, 0) is 4.79 Å². The Balaban J connectivity index is 1.59. The Bertz CT molecular complexity index is 1230. The quantitative estimate of drug-likeness (QED) is 0.418. The van der Waals surface area contributed by atoms with E-state index in [-0.39, 0.29) is 17.5 Å². The lowest BCUT2D eigenvalue weighted by Gasteiger charge is -2.12. The van der Waals surface area contributed by atoms with E-state index >= 15 is 0 Å². The molecule has 0 aliphatic carbocycles. The van der Waals surface area contributed by atoms with Gasteiger partial charge in [-0.3, -0.25) is 14.3 Å². The van der Waals surface area contributed by atoms with Crippen LogP contribution in [0.15, 0.2) is 72.1 Å². The number of thioether (sulfide) groups is 1. The zero-order valence-electron chi connectivity index (χ0n) is 17.4. The number of nitrogens with zero attached hydrogens (tertiary/aromatic N) is 4. The van der Waals surface area contributed by atoms with Crippen LogP contribution in [0.25, 0.3) is 17.1 Å². The number of halogens is 1. The van der Waals surface area contributed by atoms with E-state index in [0.717, 1.165) is 11.1 Å². The lowest BCUT2D eigenvalue weighted by Crippen LogP contribution is -2.15. The predicted molar refractivity (Wildman–Crippen MR) is 122 cm³/mol. The van der Waals surface area contributed by atoms with Gasteiger partial charge >= 0.3 is 0 Å². The fraction of sp³-hybridized carbons (Fsp3) is 0.130. The Morgan fingerprint density at radius 1 is 1.09 bits per heavy atom. The number of aromatic nitrogens is 4. The van der Waals surface area contributed by atoms with Crippen molar-refractivity contribution in [1.82, 2.24) is 19.7 Å². The van der Waals surface area contributed by atoms with Crippen molar-refractivity contribution in [2.75, 3.05) is 18.2 Å². The van der Waals surface area contributed by atoms with Crippen molar-refractivity contribution < 1.29 is 13.9 Å². The molecule has 0 fully saturated rings. The molecule has 1 N–H and O–H groups in total. The normalized spacial score (nSPS) is 10.7. The van der Waals surface area contributed by atoms with Crippen molar-refractivity contribution in [1.29, 1.82) is 0 Å². The first-order valence-corrected chi connectivity index (χ1v) is 10.7. The molecule has 4 aromatic rings. The van der Waals surface area contributed by atoms with Crippen LogP contribution in [0.4, 0.5) is 10.1 Å². The number of rotatable bonds is 7. The second-order valence-electron chi connectivity index (χ2n) is 6.89. The van der Waals surface area contributed by atoms with Crippen LogP contribution in [-0.4, -0.2) is 38.5 Å². The minimum Gasteiger partial charge on any atom is -0.495 e. The largest absolute Gasteiger partial charge is 0.495 e. The van der Waals surface area contributed by atoms with Crippen molar-refractivity contribution in [3.05, 3.63) is 78.4 Å². The molecule has 1 amide bonds. The zero-order valence-corrected chi connectivity index (χ0v) is 18.3. The van der Waals surface area contributed by atoms with E-state index in [1.54, 1.807) is 36.2 Å². The number of benzene rings is 2. The minimum absolute atomic E-state index is 0.104. The van der Waals surface area contributed by atoms with Crippen LogP contribution in [0.5, 0.6) is 5.75 Å². The summed E-state index contributed by atoms with van der Waals surface area (Å²) in [7, 11) is 1.56. The van der Waals surface area contributed by atoms with Crippen LogP contribution in [0.1, 0.15) is 5.56 Å². The Labute approximate surface area is 188 Å². The van der Waals surface area contributed by atoms with Crippen LogP contribution in [0.2, 0.25) is 0 Å². The smallest absolute Gasteiger partial charge is 0.234 e. The molecule has 7 nitrogen and oxygen atoms in total. The summed E-state index contributed by atoms with van der Waals surface area (Å²) in [6.07, 6.45) is 3.32. The summed E-state index contributed by atoms with van der Waals surface area (Å²) >= 11 is 1.23. The average molecular weight is 450 g/mol. The number of carbonyl (C=O) groups excluding carboxylic acids is 1. The molecular formula is C23H20FN5O2S. The van der Waals surface area contributed by atoms with Gasteiger partial charge in [-0.15, -0.1) is 10.2 Å². The molecule has 0 aliphatic rings. The highest BCUT2D eigenvalue weighted by Crippen LogP contribution is 2.29. The van der Waals surface area contributed by atoms with Crippen LogP contribution in [0.3, 0.4) is 0 Å². The van der Waals surface area contributed by atoms with E-state index in [9.17, 15) is 9.18 Å². The molecule has 0 saturated heterocycles. The summed E-state index contributed by atoms with van der Waals surface area (Å²) in [6, 6.07) is 15.2. The summed E-state index contributed by atoms with van der Waals surface area (Å²) in [5.41, 5.74) is 3.10. The monoisotopic (exact) mass is 449 g/mol. The van der Waals surface area contributed by atoms with Gasteiger partial charge in [-0.1, -0.05) is 17.8 Å². The van der Waals surface area contributed by atoms with Gasteiger partial charge in [0.05, 0.1) is 18.6 Å². The van der Waals surface area contributed by atoms with E-state index in [1.807, 2.05) is 37.3 Å². The minimum atomic E-state index is -0.340. The molecule has 0 unspecified atom stereocenters. The molecule has 2 aromatic carbocycles. The van der Waals surface area contributed by atoms with Gasteiger partial charge in [0.15, 0.2) is 11.0 Å². The Kier molecular flexibility index (Phi) is 6.46. The summed E-state index contributed by atoms with van der Waals surface area (Å²) < 4.78 is 20.6. The molecule has 2 aromatic heterocycles. The highest BCUT2D eigenvalue weighted by atomic mass is 32.2. The number of pyridine rings is 1. The Hall–Kier alpha value is -3.72. The summed E-state index contributed by atoms with van der Waals surface area (Å²) in [5, 5.41) is 12.0. The highest BCUT2D eigenvalue weighted by Gasteiger charge is 2.18. The van der Waals surface area contributed by atoms with Gasteiger partial charge in [-0.2, -0.15) is 0 Å². The lowest BCUT2D eigenvalue weighted by atomic mass is 10.2. The predicted octanol–water partition coefficient (Wildman–Crippen LogP) is 4.52. The molecule has 4 rings (SSSR count). The van der Waals surface area contributed by atoms with Crippen molar-refractivity contribution in [2.45, 2.75) is 12.1 Å². The number of ether oxygens (including phenoxy) is 1. The topological polar surface area (TPSA) is 81.9 Å². The van der Waals surface area contributed by atoms with E-state index in [2.05, 4.69) is 20.5 Å².